The van der Waals surface area contributed by atoms with Crippen LogP contribution in [0.2, 0.25) is 0 Å². The monoisotopic (exact) mass is 552 g/mol. The van der Waals surface area contributed by atoms with Gasteiger partial charge in [-0.25, -0.2) is 14.8 Å². The van der Waals surface area contributed by atoms with Crippen molar-refractivity contribution in [1.29, 1.82) is 0 Å². The molecule has 206 valence electrons. The minimum absolute atomic E-state index is 0.00685. The highest BCUT2D eigenvalue weighted by Crippen LogP contribution is 2.43. The minimum Gasteiger partial charge on any atom is -0.465 e. The van der Waals surface area contributed by atoms with Gasteiger partial charge in [-0.1, -0.05) is 55.1 Å². The Balaban J connectivity index is 1.51. The van der Waals surface area contributed by atoms with Gasteiger partial charge in [-0.05, 0) is 36.2 Å². The van der Waals surface area contributed by atoms with E-state index in [2.05, 4.69) is 27.5 Å². The molecular formula is C28H32N4O6S. The molecule has 3 aromatic rings. The lowest BCUT2D eigenvalue weighted by Gasteiger charge is -2.41. The smallest absolute Gasteiger partial charge is 0.325 e. The summed E-state index contributed by atoms with van der Waals surface area (Å²) in [4.78, 5) is 32.4. The lowest BCUT2D eigenvalue weighted by molar-refractivity contribution is -0.268. The molecule has 1 saturated heterocycles. The quantitative estimate of drug-likeness (QED) is 0.192. The van der Waals surface area contributed by atoms with Crippen LogP contribution in [0.15, 0.2) is 72.1 Å². The lowest BCUT2D eigenvalue weighted by atomic mass is 9.91. The largest absolute Gasteiger partial charge is 0.465 e. The predicted octanol–water partition coefficient (Wildman–Crippen LogP) is 4.24. The molecule has 0 spiro atoms. The van der Waals surface area contributed by atoms with Crippen LogP contribution in [0.1, 0.15) is 42.9 Å². The van der Waals surface area contributed by atoms with Crippen molar-refractivity contribution in [3.8, 4) is 0 Å². The van der Waals surface area contributed by atoms with E-state index in [9.17, 15) is 14.7 Å². The molecule has 1 aliphatic heterocycles. The number of carbonyl (C=O) groups is 2. The number of esters is 1. The highest BCUT2D eigenvalue weighted by atomic mass is 32.2. The summed E-state index contributed by atoms with van der Waals surface area (Å²) in [5, 5.41) is 15.3. The number of hydrogen-bond acceptors (Lipinski definition) is 9. The van der Waals surface area contributed by atoms with Crippen molar-refractivity contribution in [2.45, 2.75) is 44.1 Å². The van der Waals surface area contributed by atoms with Crippen LogP contribution in [0, 0.1) is 5.92 Å². The number of nitrogens with one attached hydrogen (secondary N) is 2. The zero-order valence-corrected chi connectivity index (χ0v) is 22.6. The number of nitrogens with zero attached hydrogens (tertiary/aromatic N) is 2. The van der Waals surface area contributed by atoms with Gasteiger partial charge in [-0.15, -0.1) is 0 Å². The van der Waals surface area contributed by atoms with Crippen LogP contribution in [0.3, 0.4) is 0 Å². The number of amides is 2. The Morgan fingerprint density at radius 2 is 1.82 bits per heavy atom. The first kappa shape index (κ1) is 28.5. The molecule has 1 fully saturated rings. The van der Waals surface area contributed by atoms with Crippen LogP contribution in [-0.2, 0) is 25.6 Å². The summed E-state index contributed by atoms with van der Waals surface area (Å²) in [6.07, 6.45) is 2.25. The van der Waals surface area contributed by atoms with E-state index in [-0.39, 0.29) is 37.9 Å². The SMILES string of the molecule is CCOC(=O)CNC(=O)Nc1cccc(C2OC(CSc3ncccn3)C(C)C(c3ccc(CO)cc3)O2)c1. The molecule has 1 aliphatic rings. The van der Waals surface area contributed by atoms with E-state index < -0.39 is 18.3 Å². The van der Waals surface area contributed by atoms with Crippen molar-refractivity contribution in [3.05, 3.63) is 83.7 Å². The van der Waals surface area contributed by atoms with Gasteiger partial charge in [0.25, 0.3) is 0 Å². The van der Waals surface area contributed by atoms with Crippen LogP contribution in [-0.4, -0.2) is 52.1 Å². The van der Waals surface area contributed by atoms with Crippen LogP contribution >= 0.6 is 11.8 Å². The van der Waals surface area contributed by atoms with Crippen LogP contribution < -0.4 is 10.6 Å². The number of rotatable bonds is 10. The van der Waals surface area contributed by atoms with Gasteiger partial charge in [-0.2, -0.15) is 0 Å². The molecule has 4 atom stereocenters. The summed E-state index contributed by atoms with van der Waals surface area (Å²) >= 11 is 1.52. The van der Waals surface area contributed by atoms with Gasteiger partial charge in [0.1, 0.15) is 6.54 Å². The van der Waals surface area contributed by atoms with E-state index in [1.807, 2.05) is 30.3 Å². The van der Waals surface area contributed by atoms with Crippen molar-refractivity contribution in [3.63, 3.8) is 0 Å². The van der Waals surface area contributed by atoms with Crippen LogP contribution in [0.25, 0.3) is 0 Å². The normalized spacial score (nSPS) is 20.7. The summed E-state index contributed by atoms with van der Waals surface area (Å²) in [6, 6.07) is 16.1. The van der Waals surface area contributed by atoms with Gasteiger partial charge in [-0.3, -0.25) is 4.79 Å². The second-order valence-corrected chi connectivity index (χ2v) is 9.89. The Kier molecular flexibility index (Phi) is 10.3. The van der Waals surface area contributed by atoms with Gasteiger partial charge >= 0.3 is 12.0 Å². The van der Waals surface area contributed by atoms with Gasteiger partial charge in [0.15, 0.2) is 11.4 Å². The number of thioether (sulfide) groups is 1. The minimum atomic E-state index is -0.699. The molecule has 0 radical (unpaired) electrons. The zero-order chi connectivity index (χ0) is 27.6. The van der Waals surface area contributed by atoms with Crippen molar-refractivity contribution in [2.24, 2.45) is 5.92 Å². The average Bonchev–Trinajstić information content (AvgIpc) is 2.96. The van der Waals surface area contributed by atoms with Gasteiger partial charge < -0.3 is 30.0 Å². The number of hydrogen-bond donors (Lipinski definition) is 3. The lowest BCUT2D eigenvalue weighted by Crippen LogP contribution is -2.38. The highest BCUT2D eigenvalue weighted by Gasteiger charge is 2.38. The molecule has 2 heterocycles. The molecule has 1 aromatic heterocycles. The van der Waals surface area contributed by atoms with Crippen LogP contribution in [0.4, 0.5) is 10.5 Å². The molecular weight excluding hydrogens is 520 g/mol. The molecule has 2 amide bonds. The van der Waals surface area contributed by atoms with Crippen LogP contribution in [0.5, 0.6) is 0 Å². The van der Waals surface area contributed by atoms with Gasteiger partial charge in [0.2, 0.25) is 0 Å². The second-order valence-electron chi connectivity index (χ2n) is 8.90. The van der Waals surface area contributed by atoms with E-state index in [0.717, 1.165) is 16.7 Å². The maximum Gasteiger partial charge on any atom is 0.325 e. The Hall–Kier alpha value is -3.51. The number of benzene rings is 2. The maximum absolute atomic E-state index is 12.3. The zero-order valence-electron chi connectivity index (χ0n) is 21.8. The first-order valence-electron chi connectivity index (χ1n) is 12.7. The van der Waals surface area contributed by atoms with Gasteiger partial charge in [0, 0.05) is 35.3 Å². The summed E-state index contributed by atoms with van der Waals surface area (Å²) < 4.78 is 17.7. The van der Waals surface area contributed by atoms with E-state index in [1.54, 1.807) is 43.6 Å². The first-order chi connectivity index (χ1) is 19.0. The Morgan fingerprint density at radius 1 is 1.05 bits per heavy atom. The fraction of sp³-hybridized carbons (Fsp3) is 0.357. The Labute approximate surface area is 231 Å². The summed E-state index contributed by atoms with van der Waals surface area (Å²) in [5.74, 6) is 0.111. The number of ether oxygens (including phenoxy) is 3. The third-order valence-electron chi connectivity index (χ3n) is 6.16. The van der Waals surface area contributed by atoms with Gasteiger partial charge in [0.05, 0.1) is 25.4 Å². The molecule has 10 nitrogen and oxygen atoms in total. The molecule has 0 bridgehead atoms. The number of anilines is 1. The van der Waals surface area contributed by atoms with Crippen molar-refractivity contribution < 1.29 is 28.9 Å². The second kappa shape index (κ2) is 14.0. The maximum atomic E-state index is 12.3. The van der Waals surface area contributed by atoms with Crippen molar-refractivity contribution in [2.75, 3.05) is 24.2 Å². The number of aliphatic hydroxyl groups excluding tert-OH is 1. The summed E-state index contributed by atoms with van der Waals surface area (Å²) in [6.45, 7) is 3.77. The average molecular weight is 553 g/mol. The highest BCUT2D eigenvalue weighted by molar-refractivity contribution is 7.99. The number of aromatic nitrogens is 2. The standard InChI is InChI=1S/C28H32N4O6S/c1-3-36-24(34)15-31-27(35)32-22-7-4-6-21(14-22)26-37-23(17-39-28-29-12-5-13-30-28)18(2)25(38-26)20-10-8-19(16-33)9-11-20/h4-14,18,23,25-26,33H,3,15-17H2,1-2H3,(H2,31,32,35). The molecule has 4 rings (SSSR count). The van der Waals surface area contributed by atoms with Crippen molar-refractivity contribution >= 4 is 29.4 Å². The molecule has 0 aliphatic carbocycles. The third-order valence-corrected chi connectivity index (χ3v) is 7.12. The fourth-order valence-electron chi connectivity index (χ4n) is 4.13. The predicted molar refractivity (Wildman–Crippen MR) is 146 cm³/mol. The Bertz CT molecular complexity index is 1230. The third kappa shape index (κ3) is 7.99. The number of urea groups is 1. The van der Waals surface area contributed by atoms with E-state index >= 15 is 0 Å². The van der Waals surface area contributed by atoms with E-state index in [4.69, 9.17) is 14.2 Å². The fourth-order valence-corrected chi connectivity index (χ4v) is 5.10. The molecule has 2 aromatic carbocycles. The summed E-state index contributed by atoms with van der Waals surface area (Å²) in [5.41, 5.74) is 3.05. The molecule has 4 unspecified atom stereocenters. The molecule has 3 N–H and O–H groups in total. The van der Waals surface area contributed by atoms with E-state index in [1.165, 1.54) is 11.8 Å². The van der Waals surface area contributed by atoms with E-state index in [0.29, 0.717) is 16.6 Å². The number of carbonyl (C=O) groups excluding carboxylic acids is 2. The first-order valence-corrected chi connectivity index (χ1v) is 13.7. The Morgan fingerprint density at radius 3 is 2.54 bits per heavy atom. The van der Waals surface area contributed by atoms with Crippen molar-refractivity contribution in [1.82, 2.24) is 15.3 Å². The molecule has 0 saturated carbocycles. The summed E-state index contributed by atoms with van der Waals surface area (Å²) in [7, 11) is 0. The molecule has 39 heavy (non-hydrogen) atoms. The number of aliphatic hydroxyl groups is 1. The molecule has 11 heteroatoms. The topological polar surface area (TPSA) is 132 Å².